The minimum atomic E-state index is 0.840. The van der Waals surface area contributed by atoms with Gasteiger partial charge in [-0.3, -0.25) is 0 Å². The maximum Gasteiger partial charge on any atom is 0.0121 e. The molecule has 0 fully saturated rings. The van der Waals surface area contributed by atoms with Crippen LogP contribution in [-0.4, -0.2) is 0 Å². The molecule has 1 rings (SSSR count). The fourth-order valence-electron chi connectivity index (χ4n) is 1.55. The van der Waals surface area contributed by atoms with E-state index in [1.165, 1.54) is 16.7 Å². The Labute approximate surface area is 144 Å². The van der Waals surface area contributed by atoms with Crippen LogP contribution in [0.3, 0.4) is 0 Å². The van der Waals surface area contributed by atoms with Crippen LogP contribution in [0.1, 0.15) is 58.6 Å². The molecule has 0 radical (unpaired) electrons. The van der Waals surface area contributed by atoms with Gasteiger partial charge >= 0.3 is 0 Å². The first-order valence-corrected chi connectivity index (χ1v) is 8.23. The number of hydrogen-bond acceptors (Lipinski definition) is 0. The van der Waals surface area contributed by atoms with Crippen LogP contribution in [0.5, 0.6) is 0 Å². The third-order valence-electron chi connectivity index (χ3n) is 2.58. The first kappa shape index (κ1) is 23.0. The summed E-state index contributed by atoms with van der Waals surface area (Å²) in [6.45, 7) is 13.9. The Hall–Kier alpha value is -2.26. The third kappa shape index (κ3) is 14.4. The summed E-state index contributed by atoms with van der Waals surface area (Å²) in [7, 11) is 0. The van der Waals surface area contributed by atoms with Gasteiger partial charge in [-0.25, -0.2) is 0 Å². The quantitative estimate of drug-likeness (QED) is 0.304. The van der Waals surface area contributed by atoms with Crippen molar-refractivity contribution < 1.29 is 0 Å². The van der Waals surface area contributed by atoms with Crippen molar-refractivity contribution in [2.24, 2.45) is 0 Å². The van der Waals surface area contributed by atoms with E-state index in [1.807, 2.05) is 51.1 Å². The van der Waals surface area contributed by atoms with Gasteiger partial charge in [-0.2, -0.15) is 0 Å². The fraction of sp³-hybridized carbons (Fsp3) is 0.304. The highest BCUT2D eigenvalue weighted by atomic mass is 13.9. The maximum absolute atomic E-state index is 5.07. The van der Waals surface area contributed by atoms with Crippen LogP contribution < -0.4 is 0 Å². The van der Waals surface area contributed by atoms with Crippen molar-refractivity contribution >= 4 is 12.2 Å². The molecule has 23 heavy (non-hydrogen) atoms. The second-order valence-electron chi connectivity index (χ2n) is 4.75. The number of unbranched alkanes of at least 4 members (excludes halogenated alkanes) is 1. The molecule has 0 saturated heterocycles. The summed E-state index contributed by atoms with van der Waals surface area (Å²) in [4.78, 5) is 0. The van der Waals surface area contributed by atoms with Crippen LogP contribution in [0.25, 0.3) is 12.2 Å². The predicted octanol–water partition coefficient (Wildman–Crippen LogP) is 7.31. The third-order valence-corrected chi connectivity index (χ3v) is 2.58. The molecule has 0 aliphatic carbocycles. The number of allylic oxidation sites excluding steroid dienone is 5. The molecule has 0 atom stereocenters. The first-order valence-electron chi connectivity index (χ1n) is 8.23. The van der Waals surface area contributed by atoms with Gasteiger partial charge < -0.3 is 0 Å². The monoisotopic (exact) mass is 308 g/mol. The molecule has 0 saturated carbocycles. The standard InChI is InChI=1S/C11H12.C10H14.C2H6/c1-3-7-11-9-6-5-8-10(11)4-2;1-4-5-6-7-8-9-10(2)3;1-2/h3-9H,2H2,1H3;1,7-9H,5-6H2,2-3H3;1-2H3/b7-3-;8-7-;. The van der Waals surface area contributed by atoms with Gasteiger partial charge in [-0.15, -0.1) is 12.3 Å². The number of rotatable bonds is 5. The Bertz CT molecular complexity index is 529. The van der Waals surface area contributed by atoms with Crippen molar-refractivity contribution in [1.82, 2.24) is 0 Å². The summed E-state index contributed by atoms with van der Waals surface area (Å²) in [5, 5.41) is 0. The lowest BCUT2D eigenvalue weighted by atomic mass is 10.1. The minimum absolute atomic E-state index is 0.840. The van der Waals surface area contributed by atoms with E-state index in [0.717, 1.165) is 12.8 Å². The van der Waals surface area contributed by atoms with Gasteiger partial charge in [0.2, 0.25) is 0 Å². The van der Waals surface area contributed by atoms with E-state index >= 15 is 0 Å². The van der Waals surface area contributed by atoms with E-state index in [2.05, 4.69) is 56.7 Å². The molecular weight excluding hydrogens is 276 g/mol. The summed E-state index contributed by atoms with van der Waals surface area (Å²) < 4.78 is 0. The molecule has 0 unspecified atom stereocenters. The van der Waals surface area contributed by atoms with E-state index in [0.29, 0.717) is 0 Å². The molecule has 1 aromatic carbocycles. The van der Waals surface area contributed by atoms with E-state index in [4.69, 9.17) is 6.42 Å². The lowest BCUT2D eigenvalue weighted by Gasteiger charge is -1.97. The van der Waals surface area contributed by atoms with Crippen LogP contribution in [0, 0.1) is 12.3 Å². The Balaban J connectivity index is 0. The van der Waals surface area contributed by atoms with E-state index in [9.17, 15) is 0 Å². The SMILES string of the molecule is C#CCC/C=C\C=C(C)C.C=Cc1ccccc1/C=C\C.CC. The summed E-state index contributed by atoms with van der Waals surface area (Å²) in [5.74, 6) is 2.58. The summed E-state index contributed by atoms with van der Waals surface area (Å²) in [6.07, 6.45) is 19.1. The lowest BCUT2D eigenvalue weighted by molar-refractivity contribution is 1.09. The van der Waals surface area contributed by atoms with Crippen LogP contribution >= 0.6 is 0 Å². The molecule has 1 aromatic rings. The van der Waals surface area contributed by atoms with Crippen molar-refractivity contribution in [3.05, 3.63) is 71.8 Å². The van der Waals surface area contributed by atoms with Crippen molar-refractivity contribution in [2.45, 2.75) is 47.5 Å². The smallest absolute Gasteiger partial charge is 0.0121 e. The van der Waals surface area contributed by atoms with Gasteiger partial charge in [0, 0.05) is 6.42 Å². The molecular formula is C23H32. The van der Waals surface area contributed by atoms with Gasteiger partial charge in [0.25, 0.3) is 0 Å². The van der Waals surface area contributed by atoms with Crippen LogP contribution in [0.2, 0.25) is 0 Å². The number of terminal acetylenes is 1. The molecule has 0 spiro atoms. The van der Waals surface area contributed by atoms with Crippen molar-refractivity contribution in [3.63, 3.8) is 0 Å². The molecule has 0 heterocycles. The average molecular weight is 309 g/mol. The molecule has 0 nitrogen and oxygen atoms in total. The number of benzene rings is 1. The summed E-state index contributed by atoms with van der Waals surface area (Å²) in [6, 6.07) is 8.19. The molecule has 0 aliphatic rings. The highest BCUT2D eigenvalue weighted by Crippen LogP contribution is 2.11. The Morgan fingerprint density at radius 3 is 2.26 bits per heavy atom. The lowest BCUT2D eigenvalue weighted by Crippen LogP contribution is -1.76. The molecule has 124 valence electrons. The highest BCUT2D eigenvalue weighted by Gasteiger charge is 1.90. The van der Waals surface area contributed by atoms with E-state index in [1.54, 1.807) is 0 Å². The summed E-state index contributed by atoms with van der Waals surface area (Å²) >= 11 is 0. The van der Waals surface area contributed by atoms with Gasteiger partial charge in [0.15, 0.2) is 0 Å². The van der Waals surface area contributed by atoms with Crippen LogP contribution in [0.4, 0.5) is 0 Å². The molecule has 0 aliphatic heterocycles. The van der Waals surface area contributed by atoms with Crippen molar-refractivity contribution in [1.29, 1.82) is 0 Å². The Morgan fingerprint density at radius 1 is 1.17 bits per heavy atom. The second-order valence-corrected chi connectivity index (χ2v) is 4.75. The van der Waals surface area contributed by atoms with Crippen molar-refractivity contribution in [3.8, 4) is 12.3 Å². The van der Waals surface area contributed by atoms with Crippen LogP contribution in [0.15, 0.2) is 60.7 Å². The molecule has 0 amide bonds. The average Bonchev–Trinajstić information content (AvgIpc) is 2.58. The zero-order chi connectivity index (χ0) is 17.9. The van der Waals surface area contributed by atoms with Gasteiger partial charge in [-0.05, 0) is 38.3 Å². The van der Waals surface area contributed by atoms with E-state index in [-0.39, 0.29) is 0 Å². The molecule has 0 bridgehead atoms. The Morgan fingerprint density at radius 2 is 1.78 bits per heavy atom. The second kappa shape index (κ2) is 17.8. The highest BCUT2D eigenvalue weighted by molar-refractivity contribution is 5.63. The largest absolute Gasteiger partial charge is 0.120 e. The topological polar surface area (TPSA) is 0 Å². The zero-order valence-corrected chi connectivity index (χ0v) is 15.5. The van der Waals surface area contributed by atoms with Gasteiger partial charge in [-0.1, -0.05) is 86.7 Å². The maximum atomic E-state index is 5.07. The zero-order valence-electron chi connectivity index (χ0n) is 15.5. The summed E-state index contributed by atoms with van der Waals surface area (Å²) in [5.41, 5.74) is 3.73. The van der Waals surface area contributed by atoms with Crippen molar-refractivity contribution in [2.75, 3.05) is 0 Å². The normalized spacial score (nSPS) is 9.22. The van der Waals surface area contributed by atoms with E-state index < -0.39 is 0 Å². The minimum Gasteiger partial charge on any atom is -0.120 e. The Kier molecular flexibility index (Phi) is 17.8. The molecule has 0 heteroatoms. The fourth-order valence-corrected chi connectivity index (χ4v) is 1.55. The molecule has 0 aromatic heterocycles. The predicted molar refractivity (Wildman–Crippen MR) is 109 cm³/mol. The van der Waals surface area contributed by atoms with Crippen LogP contribution in [-0.2, 0) is 0 Å². The number of hydrogen-bond donors (Lipinski definition) is 0. The first-order chi connectivity index (χ1) is 11.2. The van der Waals surface area contributed by atoms with Gasteiger partial charge in [0.1, 0.15) is 0 Å². The molecule has 0 N–H and O–H groups in total. The van der Waals surface area contributed by atoms with Gasteiger partial charge in [0.05, 0.1) is 0 Å².